The number of hydrogen-bond acceptors (Lipinski definition) is 2. The van der Waals surface area contributed by atoms with Gasteiger partial charge in [-0.15, -0.1) is 0 Å². The Morgan fingerprint density at radius 2 is 1.82 bits per heavy atom. The Morgan fingerprint density at radius 1 is 1.05 bits per heavy atom. The summed E-state index contributed by atoms with van der Waals surface area (Å²) in [4.78, 5) is 3.06. The van der Waals surface area contributed by atoms with E-state index in [-0.39, 0.29) is 12.4 Å². The largest absolute Gasteiger partial charge is 0.487 e. The first kappa shape index (κ1) is 14.3. The molecule has 22 heavy (non-hydrogen) atoms. The average Bonchev–Trinajstić information content (AvgIpc) is 2.89. The van der Waals surface area contributed by atoms with Crippen LogP contribution >= 0.6 is 0 Å². The molecule has 3 nitrogen and oxygen atoms in total. The topological polar surface area (TPSA) is 51.0 Å². The minimum Gasteiger partial charge on any atom is -0.487 e. The maximum Gasteiger partial charge on any atom is 0.419 e. The van der Waals surface area contributed by atoms with Crippen molar-refractivity contribution in [2.75, 3.05) is 5.73 Å². The first-order chi connectivity index (χ1) is 10.4. The highest BCUT2D eigenvalue weighted by molar-refractivity contribution is 5.90. The molecule has 0 aliphatic carbocycles. The van der Waals surface area contributed by atoms with Gasteiger partial charge in [-0.05, 0) is 24.3 Å². The number of para-hydroxylation sites is 2. The third-order valence-corrected chi connectivity index (χ3v) is 3.32. The van der Waals surface area contributed by atoms with Crippen LogP contribution in [0, 0.1) is 0 Å². The third-order valence-electron chi connectivity index (χ3n) is 3.32. The van der Waals surface area contributed by atoms with Gasteiger partial charge in [0.1, 0.15) is 12.4 Å². The lowest BCUT2D eigenvalue weighted by Gasteiger charge is -2.13. The average molecular weight is 306 g/mol. The predicted molar refractivity (Wildman–Crippen MR) is 78.5 cm³/mol. The fraction of sp³-hybridized carbons (Fsp3) is 0.125. The molecular weight excluding hydrogens is 293 g/mol. The third kappa shape index (κ3) is 2.72. The minimum absolute atomic E-state index is 0.00120. The molecule has 2 aromatic carbocycles. The summed E-state index contributed by atoms with van der Waals surface area (Å²) < 4.78 is 44.0. The Bertz CT molecular complexity index is 809. The summed E-state index contributed by atoms with van der Waals surface area (Å²) in [6.45, 7) is 0.00120. The van der Waals surface area contributed by atoms with Crippen LogP contribution in [-0.2, 0) is 12.8 Å². The van der Waals surface area contributed by atoms with Crippen molar-refractivity contribution in [1.29, 1.82) is 0 Å². The molecule has 1 heterocycles. The van der Waals surface area contributed by atoms with Crippen molar-refractivity contribution >= 4 is 16.6 Å². The van der Waals surface area contributed by atoms with Gasteiger partial charge in [0.05, 0.1) is 22.5 Å². The number of nitrogen functional groups attached to an aromatic ring is 1. The number of halogens is 3. The van der Waals surface area contributed by atoms with Gasteiger partial charge < -0.3 is 15.5 Å². The van der Waals surface area contributed by atoms with E-state index in [2.05, 4.69) is 4.98 Å². The van der Waals surface area contributed by atoms with Crippen molar-refractivity contribution in [3.05, 3.63) is 59.8 Å². The lowest BCUT2D eigenvalue weighted by Crippen LogP contribution is -2.08. The van der Waals surface area contributed by atoms with Crippen LogP contribution in [0.3, 0.4) is 0 Å². The van der Waals surface area contributed by atoms with Gasteiger partial charge in [0.2, 0.25) is 0 Å². The molecule has 0 unspecified atom stereocenters. The first-order valence-electron chi connectivity index (χ1n) is 6.60. The summed E-state index contributed by atoms with van der Waals surface area (Å²) in [7, 11) is 0. The molecule has 0 fully saturated rings. The van der Waals surface area contributed by atoms with E-state index in [1.54, 1.807) is 6.07 Å². The molecule has 0 bridgehead atoms. The molecule has 6 heteroatoms. The van der Waals surface area contributed by atoms with Crippen molar-refractivity contribution in [3.8, 4) is 5.75 Å². The highest BCUT2D eigenvalue weighted by atomic mass is 19.4. The summed E-state index contributed by atoms with van der Waals surface area (Å²) >= 11 is 0. The summed E-state index contributed by atoms with van der Waals surface area (Å²) in [6, 6.07) is 12.4. The molecule has 0 saturated carbocycles. The summed E-state index contributed by atoms with van der Waals surface area (Å²) in [5.41, 5.74) is 7.05. The Morgan fingerprint density at radius 3 is 2.55 bits per heavy atom. The number of alkyl halides is 3. The van der Waals surface area contributed by atoms with Crippen LogP contribution in [0.2, 0.25) is 0 Å². The van der Waals surface area contributed by atoms with Crippen LogP contribution in [-0.4, -0.2) is 4.98 Å². The monoisotopic (exact) mass is 306 g/mol. The van der Waals surface area contributed by atoms with Crippen molar-refractivity contribution in [3.63, 3.8) is 0 Å². The SMILES string of the molecule is Nc1cccc2cc(COc3ccccc3C(F)(F)F)[nH]c12. The van der Waals surface area contributed by atoms with Crippen molar-refractivity contribution in [2.24, 2.45) is 0 Å². The number of aromatic nitrogens is 1. The number of nitrogens with one attached hydrogen (secondary N) is 1. The van der Waals surface area contributed by atoms with Gasteiger partial charge in [-0.2, -0.15) is 13.2 Å². The fourth-order valence-corrected chi connectivity index (χ4v) is 2.30. The molecule has 0 spiro atoms. The normalized spacial score (nSPS) is 11.8. The zero-order chi connectivity index (χ0) is 15.7. The summed E-state index contributed by atoms with van der Waals surface area (Å²) in [5.74, 6) is -0.193. The highest BCUT2D eigenvalue weighted by Gasteiger charge is 2.34. The predicted octanol–water partition coefficient (Wildman–Crippen LogP) is 4.35. The van der Waals surface area contributed by atoms with E-state index in [0.29, 0.717) is 11.4 Å². The van der Waals surface area contributed by atoms with E-state index in [1.165, 1.54) is 18.2 Å². The summed E-state index contributed by atoms with van der Waals surface area (Å²) in [6.07, 6.45) is -4.44. The lowest BCUT2D eigenvalue weighted by atomic mass is 10.2. The Balaban J connectivity index is 1.84. The van der Waals surface area contributed by atoms with Gasteiger partial charge in [0.15, 0.2) is 0 Å². The van der Waals surface area contributed by atoms with Crippen molar-refractivity contribution in [2.45, 2.75) is 12.8 Å². The van der Waals surface area contributed by atoms with Gasteiger partial charge in [0, 0.05) is 5.39 Å². The standard InChI is InChI=1S/C16H13F3N2O/c17-16(18,19)12-5-1-2-7-14(12)22-9-11-8-10-4-3-6-13(20)15(10)21-11/h1-8,21H,9,20H2. The quantitative estimate of drug-likeness (QED) is 0.707. The lowest BCUT2D eigenvalue weighted by molar-refractivity contribution is -0.139. The van der Waals surface area contributed by atoms with Crippen LogP contribution in [0.4, 0.5) is 18.9 Å². The number of rotatable bonds is 3. The molecule has 0 aliphatic heterocycles. The minimum atomic E-state index is -4.44. The molecular formula is C16H13F3N2O. The number of fused-ring (bicyclic) bond motifs is 1. The molecule has 0 amide bonds. The smallest absolute Gasteiger partial charge is 0.419 e. The second-order valence-electron chi connectivity index (χ2n) is 4.89. The summed E-state index contributed by atoms with van der Waals surface area (Å²) in [5, 5.41) is 0.891. The zero-order valence-corrected chi connectivity index (χ0v) is 11.4. The van der Waals surface area contributed by atoms with Gasteiger partial charge in [-0.3, -0.25) is 0 Å². The van der Waals surface area contributed by atoms with E-state index < -0.39 is 11.7 Å². The van der Waals surface area contributed by atoms with Crippen molar-refractivity contribution in [1.82, 2.24) is 4.98 Å². The molecule has 0 atom stereocenters. The highest BCUT2D eigenvalue weighted by Crippen LogP contribution is 2.36. The van der Waals surface area contributed by atoms with Crippen LogP contribution < -0.4 is 10.5 Å². The zero-order valence-electron chi connectivity index (χ0n) is 11.4. The van der Waals surface area contributed by atoms with E-state index in [0.717, 1.165) is 17.0 Å². The van der Waals surface area contributed by atoms with Gasteiger partial charge >= 0.3 is 6.18 Å². The maximum absolute atomic E-state index is 12.9. The molecule has 3 aromatic rings. The molecule has 0 radical (unpaired) electrons. The molecule has 0 aliphatic rings. The van der Waals surface area contributed by atoms with E-state index in [9.17, 15) is 13.2 Å². The van der Waals surface area contributed by atoms with Crippen LogP contribution in [0.1, 0.15) is 11.3 Å². The second-order valence-corrected chi connectivity index (χ2v) is 4.89. The number of anilines is 1. The van der Waals surface area contributed by atoms with Gasteiger partial charge in [-0.25, -0.2) is 0 Å². The second kappa shape index (κ2) is 5.29. The van der Waals surface area contributed by atoms with E-state index in [4.69, 9.17) is 10.5 Å². The van der Waals surface area contributed by atoms with Crippen molar-refractivity contribution < 1.29 is 17.9 Å². The van der Waals surface area contributed by atoms with E-state index in [1.807, 2.05) is 18.2 Å². The molecule has 3 N–H and O–H groups in total. The van der Waals surface area contributed by atoms with Gasteiger partial charge in [-0.1, -0.05) is 24.3 Å². The Labute approximate surface area is 124 Å². The molecule has 0 saturated heterocycles. The Kier molecular flexibility index (Phi) is 3.44. The number of aromatic amines is 1. The fourth-order valence-electron chi connectivity index (χ4n) is 2.30. The van der Waals surface area contributed by atoms with Gasteiger partial charge in [0.25, 0.3) is 0 Å². The number of ether oxygens (including phenoxy) is 1. The molecule has 114 valence electrons. The first-order valence-corrected chi connectivity index (χ1v) is 6.60. The Hall–Kier alpha value is -2.63. The van der Waals surface area contributed by atoms with E-state index >= 15 is 0 Å². The number of benzene rings is 2. The number of H-pyrrole nitrogens is 1. The number of nitrogens with two attached hydrogens (primary N) is 1. The molecule has 3 rings (SSSR count). The number of hydrogen-bond donors (Lipinski definition) is 2. The maximum atomic E-state index is 12.9. The molecule has 1 aromatic heterocycles. The van der Waals surface area contributed by atoms with Crippen LogP contribution in [0.15, 0.2) is 48.5 Å². The van der Waals surface area contributed by atoms with Crippen LogP contribution in [0.25, 0.3) is 10.9 Å². The van der Waals surface area contributed by atoms with Crippen LogP contribution in [0.5, 0.6) is 5.75 Å².